The largest absolute Gasteiger partial charge is 0.314 e. The summed E-state index contributed by atoms with van der Waals surface area (Å²) in [6, 6.07) is 7.81. The summed E-state index contributed by atoms with van der Waals surface area (Å²) in [7, 11) is 0. The topological polar surface area (TPSA) is 12.0 Å². The minimum absolute atomic E-state index is 0.629. The molecule has 2 atom stereocenters. The monoisotopic (exact) mass is 259 g/mol. The fourth-order valence-corrected chi connectivity index (χ4v) is 3.40. The first kappa shape index (κ1) is 14.6. The van der Waals surface area contributed by atoms with Crippen LogP contribution in [0.3, 0.4) is 0 Å². The Morgan fingerprint density at radius 2 is 1.95 bits per heavy atom. The molecule has 1 aliphatic carbocycles. The van der Waals surface area contributed by atoms with Gasteiger partial charge in [0.25, 0.3) is 0 Å². The molecule has 2 unspecified atom stereocenters. The maximum absolute atomic E-state index is 3.68. The Hall–Kier alpha value is -0.820. The molecule has 1 heteroatoms. The van der Waals surface area contributed by atoms with E-state index < -0.39 is 0 Å². The van der Waals surface area contributed by atoms with Gasteiger partial charge in [-0.15, -0.1) is 0 Å². The van der Waals surface area contributed by atoms with Crippen molar-refractivity contribution in [2.45, 2.75) is 65.3 Å². The van der Waals surface area contributed by atoms with Gasteiger partial charge in [-0.05, 0) is 61.3 Å². The molecule has 106 valence electrons. The number of fused-ring (bicyclic) bond motifs is 1. The molecule has 0 aromatic heterocycles. The van der Waals surface area contributed by atoms with Crippen molar-refractivity contribution in [3.05, 3.63) is 34.9 Å². The third-order valence-corrected chi connectivity index (χ3v) is 4.52. The van der Waals surface area contributed by atoms with Crippen LogP contribution in [-0.2, 0) is 19.3 Å². The molecule has 0 aliphatic heterocycles. The lowest BCUT2D eigenvalue weighted by Gasteiger charge is -2.25. The molecule has 1 nitrogen and oxygen atoms in total. The summed E-state index contributed by atoms with van der Waals surface area (Å²) < 4.78 is 0. The van der Waals surface area contributed by atoms with E-state index in [1.165, 1.54) is 44.1 Å². The average molecular weight is 259 g/mol. The van der Waals surface area contributed by atoms with Gasteiger partial charge in [0.2, 0.25) is 0 Å². The van der Waals surface area contributed by atoms with E-state index in [0.717, 1.165) is 12.5 Å². The van der Waals surface area contributed by atoms with Crippen molar-refractivity contribution in [1.29, 1.82) is 0 Å². The maximum atomic E-state index is 3.68. The fourth-order valence-electron chi connectivity index (χ4n) is 3.40. The summed E-state index contributed by atoms with van der Waals surface area (Å²) in [5.74, 6) is 0.762. The van der Waals surface area contributed by atoms with Gasteiger partial charge in [0.05, 0.1) is 0 Å². The number of aryl methyl sites for hydroxylation is 2. The highest BCUT2D eigenvalue weighted by Crippen LogP contribution is 2.24. The Morgan fingerprint density at radius 3 is 2.68 bits per heavy atom. The van der Waals surface area contributed by atoms with Gasteiger partial charge in [-0.25, -0.2) is 0 Å². The normalized spacial score (nSPS) is 17.2. The number of nitrogens with one attached hydrogen (secondary N) is 1. The number of benzene rings is 1. The highest BCUT2D eigenvalue weighted by molar-refractivity contribution is 5.35. The average Bonchev–Trinajstić information content (AvgIpc) is 2.86. The van der Waals surface area contributed by atoms with E-state index in [-0.39, 0.29) is 0 Å². The zero-order valence-electron chi connectivity index (χ0n) is 12.8. The summed E-state index contributed by atoms with van der Waals surface area (Å²) in [4.78, 5) is 0. The fraction of sp³-hybridized carbons (Fsp3) is 0.667. The van der Waals surface area contributed by atoms with E-state index in [1.807, 2.05) is 0 Å². The van der Waals surface area contributed by atoms with E-state index in [4.69, 9.17) is 0 Å². The van der Waals surface area contributed by atoms with Crippen LogP contribution in [0.5, 0.6) is 0 Å². The zero-order valence-corrected chi connectivity index (χ0v) is 12.8. The van der Waals surface area contributed by atoms with E-state index in [0.29, 0.717) is 6.04 Å². The molecule has 0 saturated heterocycles. The van der Waals surface area contributed by atoms with Crippen molar-refractivity contribution in [2.24, 2.45) is 5.92 Å². The molecule has 0 heterocycles. The number of likely N-dealkylation sites (N-methyl/N-ethyl adjacent to an activating group) is 1. The summed E-state index contributed by atoms with van der Waals surface area (Å²) in [6.45, 7) is 7.97. The molecule has 1 aromatic rings. The minimum Gasteiger partial charge on any atom is -0.314 e. The van der Waals surface area contributed by atoms with Crippen LogP contribution in [0.2, 0.25) is 0 Å². The molecular formula is C18H29N. The smallest absolute Gasteiger partial charge is 0.0133 e. The first-order valence-electron chi connectivity index (χ1n) is 8.08. The van der Waals surface area contributed by atoms with Crippen molar-refractivity contribution < 1.29 is 0 Å². The lowest BCUT2D eigenvalue weighted by molar-refractivity contribution is 0.358. The summed E-state index contributed by atoms with van der Waals surface area (Å²) in [5.41, 5.74) is 4.72. The van der Waals surface area contributed by atoms with Crippen LogP contribution < -0.4 is 5.32 Å². The van der Waals surface area contributed by atoms with E-state index in [9.17, 15) is 0 Å². The van der Waals surface area contributed by atoms with Crippen LogP contribution in [0.4, 0.5) is 0 Å². The predicted molar refractivity (Wildman–Crippen MR) is 83.7 cm³/mol. The molecular weight excluding hydrogens is 230 g/mol. The second-order valence-corrected chi connectivity index (χ2v) is 6.09. The van der Waals surface area contributed by atoms with Gasteiger partial charge in [0, 0.05) is 6.04 Å². The predicted octanol–water partition coefficient (Wildman–Crippen LogP) is 4.13. The molecule has 1 aliphatic rings. The van der Waals surface area contributed by atoms with Crippen LogP contribution >= 0.6 is 0 Å². The van der Waals surface area contributed by atoms with Gasteiger partial charge in [0.1, 0.15) is 0 Å². The molecule has 0 fully saturated rings. The summed E-state index contributed by atoms with van der Waals surface area (Å²) in [5, 5.41) is 3.68. The standard InChI is InChI=1S/C18H29N/c1-4-7-14(3)18(19-5-2)13-15-10-11-16-8-6-9-17(16)12-15/h10-12,14,18-19H,4-9,13H2,1-3H3. The zero-order chi connectivity index (χ0) is 13.7. The number of hydrogen-bond donors (Lipinski definition) is 1. The van der Waals surface area contributed by atoms with Crippen LogP contribution in [0.25, 0.3) is 0 Å². The third-order valence-electron chi connectivity index (χ3n) is 4.52. The molecule has 0 radical (unpaired) electrons. The SMILES string of the molecule is CCCC(C)C(Cc1ccc2c(c1)CCC2)NCC. The maximum Gasteiger partial charge on any atom is 0.0133 e. The first-order valence-corrected chi connectivity index (χ1v) is 8.08. The van der Waals surface area contributed by atoms with Gasteiger partial charge >= 0.3 is 0 Å². The van der Waals surface area contributed by atoms with Crippen molar-refractivity contribution in [3.8, 4) is 0 Å². The van der Waals surface area contributed by atoms with Crippen molar-refractivity contribution in [3.63, 3.8) is 0 Å². The number of hydrogen-bond acceptors (Lipinski definition) is 1. The second kappa shape index (κ2) is 7.09. The lowest BCUT2D eigenvalue weighted by atomic mass is 9.90. The highest BCUT2D eigenvalue weighted by atomic mass is 14.9. The molecule has 0 spiro atoms. The Bertz CT molecular complexity index is 397. The van der Waals surface area contributed by atoms with Crippen molar-refractivity contribution >= 4 is 0 Å². The molecule has 19 heavy (non-hydrogen) atoms. The van der Waals surface area contributed by atoms with Crippen LogP contribution in [-0.4, -0.2) is 12.6 Å². The number of rotatable bonds is 7. The molecule has 0 saturated carbocycles. The Kier molecular flexibility index (Phi) is 5.45. The quantitative estimate of drug-likeness (QED) is 0.776. The van der Waals surface area contributed by atoms with E-state index in [1.54, 1.807) is 11.1 Å². The highest BCUT2D eigenvalue weighted by Gasteiger charge is 2.17. The Morgan fingerprint density at radius 1 is 1.16 bits per heavy atom. The Balaban J connectivity index is 2.03. The minimum atomic E-state index is 0.629. The van der Waals surface area contributed by atoms with Crippen LogP contribution in [0, 0.1) is 5.92 Å². The van der Waals surface area contributed by atoms with Gasteiger partial charge < -0.3 is 5.32 Å². The molecule has 0 bridgehead atoms. The van der Waals surface area contributed by atoms with Gasteiger partial charge in [0.15, 0.2) is 0 Å². The Labute approximate surface area is 118 Å². The van der Waals surface area contributed by atoms with Gasteiger partial charge in [-0.3, -0.25) is 0 Å². The molecule has 2 rings (SSSR count). The first-order chi connectivity index (χ1) is 9.24. The van der Waals surface area contributed by atoms with Gasteiger partial charge in [-0.1, -0.05) is 45.4 Å². The summed E-state index contributed by atoms with van der Waals surface area (Å²) in [6.07, 6.45) is 7.72. The molecule has 1 N–H and O–H groups in total. The van der Waals surface area contributed by atoms with Gasteiger partial charge in [-0.2, -0.15) is 0 Å². The van der Waals surface area contributed by atoms with E-state index in [2.05, 4.69) is 44.3 Å². The van der Waals surface area contributed by atoms with Crippen molar-refractivity contribution in [2.75, 3.05) is 6.54 Å². The summed E-state index contributed by atoms with van der Waals surface area (Å²) >= 11 is 0. The van der Waals surface area contributed by atoms with Crippen molar-refractivity contribution in [1.82, 2.24) is 5.32 Å². The molecule has 1 aromatic carbocycles. The second-order valence-electron chi connectivity index (χ2n) is 6.09. The van der Waals surface area contributed by atoms with Crippen LogP contribution in [0.1, 0.15) is 56.7 Å². The van der Waals surface area contributed by atoms with E-state index >= 15 is 0 Å². The lowest BCUT2D eigenvalue weighted by Crippen LogP contribution is -2.36. The van der Waals surface area contributed by atoms with Crippen LogP contribution in [0.15, 0.2) is 18.2 Å². The molecule has 0 amide bonds. The third kappa shape index (κ3) is 3.82.